The maximum atomic E-state index is 11.6. The Morgan fingerprint density at radius 2 is 1.83 bits per heavy atom. The smallest absolute Gasteiger partial charge is 0.331 e. The molecule has 0 saturated carbocycles. The Morgan fingerprint density at radius 3 is 2.33 bits per heavy atom. The van der Waals surface area contributed by atoms with Gasteiger partial charge in [0.05, 0.1) is 4.90 Å². The van der Waals surface area contributed by atoms with E-state index in [4.69, 9.17) is 4.74 Å². The summed E-state index contributed by atoms with van der Waals surface area (Å²) in [5, 5.41) is 0. The van der Waals surface area contributed by atoms with Crippen LogP contribution in [-0.2, 0) is 19.4 Å². The molecule has 1 aliphatic rings. The van der Waals surface area contributed by atoms with Crippen molar-refractivity contribution in [1.29, 1.82) is 0 Å². The third-order valence-corrected chi connectivity index (χ3v) is 4.38. The zero-order valence-corrected chi connectivity index (χ0v) is 11.2. The van der Waals surface area contributed by atoms with Crippen LogP contribution in [0.4, 0.5) is 0 Å². The summed E-state index contributed by atoms with van der Waals surface area (Å²) < 4.78 is 28.3. The molecule has 0 aliphatic carbocycles. The van der Waals surface area contributed by atoms with Crippen molar-refractivity contribution >= 4 is 15.8 Å². The normalized spacial score (nSPS) is 19.1. The lowest BCUT2D eigenvalue weighted by Crippen LogP contribution is -2.07. The van der Waals surface area contributed by atoms with Crippen LogP contribution in [0.5, 0.6) is 0 Å². The molecule has 2 rings (SSSR count). The van der Waals surface area contributed by atoms with Gasteiger partial charge in [-0.05, 0) is 42.7 Å². The molecule has 1 unspecified atom stereocenters. The van der Waals surface area contributed by atoms with Gasteiger partial charge < -0.3 is 4.74 Å². The van der Waals surface area contributed by atoms with Gasteiger partial charge >= 0.3 is 5.97 Å². The van der Waals surface area contributed by atoms with E-state index in [9.17, 15) is 13.2 Å². The largest absolute Gasteiger partial charge is 0.450 e. The summed E-state index contributed by atoms with van der Waals surface area (Å²) >= 11 is 0. The minimum atomic E-state index is -3.23. The van der Waals surface area contributed by atoms with Gasteiger partial charge in [0.25, 0.3) is 0 Å². The monoisotopic (exact) mass is 266 g/mol. The summed E-state index contributed by atoms with van der Waals surface area (Å²) in [5.41, 5.74) is 2.36. The molecule has 5 heteroatoms. The van der Waals surface area contributed by atoms with E-state index < -0.39 is 15.9 Å². The van der Waals surface area contributed by atoms with Gasteiger partial charge in [-0.2, -0.15) is 0 Å². The van der Waals surface area contributed by atoms with Gasteiger partial charge in [-0.3, -0.25) is 0 Å². The molecular weight excluding hydrogens is 252 g/mol. The lowest BCUT2D eigenvalue weighted by molar-refractivity contribution is -0.138. The van der Waals surface area contributed by atoms with Crippen LogP contribution in [0.25, 0.3) is 0 Å². The Kier molecular flexibility index (Phi) is 3.02. The van der Waals surface area contributed by atoms with Crippen LogP contribution in [0.15, 0.2) is 29.2 Å². The van der Waals surface area contributed by atoms with Crippen LogP contribution in [0.1, 0.15) is 22.8 Å². The third kappa shape index (κ3) is 2.18. The summed E-state index contributed by atoms with van der Waals surface area (Å²) in [6.07, 6.45) is 3.82. The fourth-order valence-electron chi connectivity index (χ4n) is 2.06. The van der Waals surface area contributed by atoms with Crippen molar-refractivity contribution in [3.8, 4) is 0 Å². The molecule has 1 aliphatic heterocycles. The van der Waals surface area contributed by atoms with Gasteiger partial charge in [-0.25, -0.2) is 13.2 Å². The molecule has 0 amide bonds. The number of hydrogen-bond acceptors (Lipinski definition) is 4. The number of cyclic esters (lactones) is 1. The van der Waals surface area contributed by atoms with Gasteiger partial charge in [-0.1, -0.05) is 6.07 Å². The van der Waals surface area contributed by atoms with Crippen LogP contribution in [0.3, 0.4) is 0 Å². The van der Waals surface area contributed by atoms with Crippen LogP contribution in [0, 0.1) is 13.8 Å². The SMILES string of the molecule is Cc1c(C2C=CC(=O)O2)ccc(S(C)(=O)=O)c1C. The number of rotatable bonds is 2. The fraction of sp³-hybridized carbons (Fsp3) is 0.308. The van der Waals surface area contributed by atoms with Gasteiger partial charge in [0, 0.05) is 12.3 Å². The second kappa shape index (κ2) is 4.24. The number of carbonyl (C=O) groups is 1. The Bertz CT molecular complexity index is 641. The first-order chi connectivity index (χ1) is 8.30. The van der Waals surface area contributed by atoms with Gasteiger partial charge in [0.15, 0.2) is 9.84 Å². The van der Waals surface area contributed by atoms with E-state index in [2.05, 4.69) is 0 Å². The fourth-order valence-corrected chi connectivity index (χ4v) is 3.09. The Balaban J connectivity index is 2.51. The van der Waals surface area contributed by atoms with E-state index in [1.807, 2.05) is 6.92 Å². The summed E-state index contributed by atoms with van der Waals surface area (Å²) in [6.45, 7) is 3.59. The molecule has 1 atom stereocenters. The maximum Gasteiger partial charge on any atom is 0.331 e. The molecule has 0 aromatic heterocycles. The summed E-state index contributed by atoms with van der Waals surface area (Å²) in [4.78, 5) is 11.4. The highest BCUT2D eigenvalue weighted by Crippen LogP contribution is 2.30. The van der Waals surface area contributed by atoms with E-state index in [1.54, 1.807) is 25.1 Å². The van der Waals surface area contributed by atoms with Crippen molar-refractivity contribution < 1.29 is 17.9 Å². The first kappa shape index (κ1) is 12.8. The van der Waals surface area contributed by atoms with E-state index in [-0.39, 0.29) is 5.97 Å². The number of ether oxygens (including phenoxy) is 1. The average molecular weight is 266 g/mol. The standard InChI is InChI=1S/C13H14O4S/c1-8-9(2)12(18(3,15)16)6-4-10(8)11-5-7-13(14)17-11/h4-7,11H,1-3H3. The first-order valence-electron chi connectivity index (χ1n) is 5.49. The lowest BCUT2D eigenvalue weighted by atomic mass is 9.99. The van der Waals surface area contributed by atoms with Gasteiger partial charge in [0.2, 0.25) is 0 Å². The van der Waals surface area contributed by atoms with E-state index in [0.29, 0.717) is 10.5 Å². The predicted molar refractivity (Wildman–Crippen MR) is 67.0 cm³/mol. The van der Waals surface area contributed by atoms with Crippen molar-refractivity contribution in [2.24, 2.45) is 0 Å². The summed E-state index contributed by atoms with van der Waals surface area (Å²) in [5.74, 6) is -0.371. The molecule has 0 fully saturated rings. The minimum absolute atomic E-state index is 0.317. The average Bonchev–Trinajstić information content (AvgIpc) is 2.67. The molecule has 4 nitrogen and oxygen atoms in total. The zero-order chi connectivity index (χ0) is 13.5. The Hall–Kier alpha value is -1.62. The maximum absolute atomic E-state index is 11.6. The zero-order valence-electron chi connectivity index (χ0n) is 10.4. The molecule has 1 aromatic carbocycles. The van der Waals surface area contributed by atoms with Gasteiger partial charge in [0.1, 0.15) is 6.10 Å². The van der Waals surface area contributed by atoms with E-state index in [0.717, 1.165) is 11.1 Å². The van der Waals surface area contributed by atoms with Crippen LogP contribution in [0.2, 0.25) is 0 Å². The van der Waals surface area contributed by atoms with Crippen molar-refractivity contribution in [1.82, 2.24) is 0 Å². The molecule has 1 heterocycles. The molecule has 18 heavy (non-hydrogen) atoms. The number of carbonyl (C=O) groups excluding carboxylic acids is 1. The highest BCUT2D eigenvalue weighted by atomic mass is 32.2. The van der Waals surface area contributed by atoms with Crippen molar-refractivity contribution in [2.75, 3.05) is 6.26 Å². The van der Waals surface area contributed by atoms with Crippen molar-refractivity contribution in [2.45, 2.75) is 24.8 Å². The molecular formula is C13H14O4S. The number of sulfone groups is 1. The van der Waals surface area contributed by atoms with Gasteiger partial charge in [-0.15, -0.1) is 0 Å². The molecule has 0 spiro atoms. The Morgan fingerprint density at radius 1 is 1.17 bits per heavy atom. The number of benzene rings is 1. The highest BCUT2D eigenvalue weighted by Gasteiger charge is 2.23. The first-order valence-corrected chi connectivity index (χ1v) is 7.39. The Labute approximate surface area is 106 Å². The quantitative estimate of drug-likeness (QED) is 0.767. The molecule has 96 valence electrons. The molecule has 0 saturated heterocycles. The molecule has 0 N–H and O–H groups in total. The highest BCUT2D eigenvalue weighted by molar-refractivity contribution is 7.90. The van der Waals surface area contributed by atoms with E-state index >= 15 is 0 Å². The second-order valence-electron chi connectivity index (χ2n) is 4.39. The molecule has 0 bridgehead atoms. The minimum Gasteiger partial charge on any atom is -0.450 e. The predicted octanol–water partition coefficient (Wildman–Crippen LogP) is 1.86. The third-order valence-electron chi connectivity index (χ3n) is 3.14. The number of hydrogen-bond donors (Lipinski definition) is 0. The van der Waals surface area contributed by atoms with Crippen LogP contribution < -0.4 is 0 Å². The van der Waals surface area contributed by atoms with Crippen LogP contribution in [-0.4, -0.2) is 20.6 Å². The molecule has 1 aromatic rings. The number of esters is 1. The lowest BCUT2D eigenvalue weighted by Gasteiger charge is -2.16. The summed E-state index contributed by atoms with van der Waals surface area (Å²) in [7, 11) is -3.23. The molecule has 0 radical (unpaired) electrons. The second-order valence-corrected chi connectivity index (χ2v) is 6.38. The van der Waals surface area contributed by atoms with Crippen LogP contribution >= 0.6 is 0 Å². The van der Waals surface area contributed by atoms with Crippen molar-refractivity contribution in [3.63, 3.8) is 0 Å². The topological polar surface area (TPSA) is 60.4 Å². The van der Waals surface area contributed by atoms with Crippen molar-refractivity contribution in [3.05, 3.63) is 41.0 Å². The summed E-state index contributed by atoms with van der Waals surface area (Å²) in [6, 6.07) is 3.26. The van der Waals surface area contributed by atoms with E-state index in [1.165, 1.54) is 12.3 Å².